The van der Waals surface area contributed by atoms with Crippen LogP contribution in [0.1, 0.15) is 11.1 Å². The molecule has 0 spiro atoms. The zero-order chi connectivity index (χ0) is 15.5. The van der Waals surface area contributed by atoms with Gasteiger partial charge in [-0.3, -0.25) is 9.99 Å². The Balaban J connectivity index is 1.44. The third-order valence-electron chi connectivity index (χ3n) is 3.87. The lowest BCUT2D eigenvalue weighted by Gasteiger charge is -2.18. The van der Waals surface area contributed by atoms with E-state index < -0.39 is 0 Å². The van der Waals surface area contributed by atoms with E-state index in [1.54, 1.807) is 6.20 Å². The largest absolute Gasteiger partial charge is 0.350 e. The van der Waals surface area contributed by atoms with Crippen LogP contribution < -0.4 is 10.4 Å². The third kappa shape index (κ3) is 2.94. The highest BCUT2D eigenvalue weighted by Gasteiger charge is 2.16. The zero-order valence-corrected chi connectivity index (χ0v) is 12.6. The minimum atomic E-state index is 0.773. The minimum absolute atomic E-state index is 0.773. The molecule has 114 valence electrons. The molecular formula is C18H17N5. The van der Waals surface area contributed by atoms with E-state index in [2.05, 4.69) is 44.5 Å². The normalized spacial score (nSPS) is 13.7. The quantitative estimate of drug-likeness (QED) is 0.805. The molecular weight excluding hydrogens is 286 g/mol. The first-order chi connectivity index (χ1) is 11.4. The van der Waals surface area contributed by atoms with E-state index >= 15 is 0 Å². The highest BCUT2D eigenvalue weighted by molar-refractivity contribution is 5.71. The number of nitrogens with one attached hydrogen (secondary N) is 1. The van der Waals surface area contributed by atoms with Gasteiger partial charge in [-0.1, -0.05) is 12.1 Å². The second kappa shape index (κ2) is 5.96. The van der Waals surface area contributed by atoms with Crippen molar-refractivity contribution in [2.24, 2.45) is 0 Å². The van der Waals surface area contributed by atoms with Gasteiger partial charge in [0.25, 0.3) is 0 Å². The van der Waals surface area contributed by atoms with Gasteiger partial charge in [0, 0.05) is 43.7 Å². The fourth-order valence-corrected chi connectivity index (χ4v) is 2.65. The van der Waals surface area contributed by atoms with Crippen LogP contribution >= 0.6 is 0 Å². The van der Waals surface area contributed by atoms with Gasteiger partial charge in [0.1, 0.15) is 5.82 Å². The summed E-state index contributed by atoms with van der Waals surface area (Å²) >= 11 is 0. The number of hydrogen-bond donors (Lipinski definition) is 1. The summed E-state index contributed by atoms with van der Waals surface area (Å²) in [5.41, 5.74) is 6.78. The molecule has 0 atom stereocenters. The molecule has 23 heavy (non-hydrogen) atoms. The highest BCUT2D eigenvalue weighted by atomic mass is 15.5. The van der Waals surface area contributed by atoms with E-state index in [9.17, 15) is 0 Å². The van der Waals surface area contributed by atoms with Crippen LogP contribution in [0.5, 0.6) is 0 Å². The Hall–Kier alpha value is -3.08. The summed E-state index contributed by atoms with van der Waals surface area (Å²) in [5.74, 6) is 0.913. The lowest BCUT2D eigenvalue weighted by Crippen LogP contribution is -2.30. The van der Waals surface area contributed by atoms with Crippen molar-refractivity contribution in [1.29, 1.82) is 0 Å². The average molecular weight is 303 g/mol. The van der Waals surface area contributed by atoms with E-state index in [0.717, 1.165) is 24.5 Å². The van der Waals surface area contributed by atoms with E-state index in [-0.39, 0.29) is 0 Å². The van der Waals surface area contributed by atoms with Gasteiger partial charge in [0.2, 0.25) is 0 Å². The second-order valence-corrected chi connectivity index (χ2v) is 5.51. The van der Waals surface area contributed by atoms with Crippen LogP contribution in [0.2, 0.25) is 0 Å². The maximum atomic E-state index is 4.57. The molecule has 0 fully saturated rings. The molecule has 0 aliphatic carbocycles. The first kappa shape index (κ1) is 13.6. The van der Waals surface area contributed by atoms with Crippen molar-refractivity contribution in [2.75, 3.05) is 11.6 Å². The predicted octanol–water partition coefficient (Wildman–Crippen LogP) is 2.69. The van der Waals surface area contributed by atoms with Gasteiger partial charge in [-0.2, -0.15) is 0 Å². The second-order valence-electron chi connectivity index (χ2n) is 5.51. The summed E-state index contributed by atoms with van der Waals surface area (Å²) < 4.78 is 2.13. The molecule has 0 bridgehead atoms. The number of rotatable bonds is 4. The molecule has 0 radical (unpaired) electrons. The Morgan fingerprint density at radius 3 is 2.70 bits per heavy atom. The molecule has 0 saturated carbocycles. The number of anilines is 1. The van der Waals surface area contributed by atoms with Gasteiger partial charge >= 0.3 is 0 Å². The number of aromatic nitrogens is 3. The van der Waals surface area contributed by atoms with Crippen molar-refractivity contribution in [2.45, 2.75) is 6.54 Å². The van der Waals surface area contributed by atoms with Crippen LogP contribution in [-0.2, 0) is 6.54 Å². The molecule has 3 aromatic heterocycles. The molecule has 0 aromatic carbocycles. The van der Waals surface area contributed by atoms with Crippen molar-refractivity contribution in [3.05, 3.63) is 84.7 Å². The maximum Gasteiger partial charge on any atom is 0.147 e. The zero-order valence-electron chi connectivity index (χ0n) is 12.6. The van der Waals surface area contributed by atoms with E-state index in [4.69, 9.17) is 0 Å². The van der Waals surface area contributed by atoms with Crippen LogP contribution in [-0.4, -0.2) is 21.1 Å². The molecule has 0 saturated heterocycles. The van der Waals surface area contributed by atoms with Gasteiger partial charge in [0.05, 0.1) is 6.54 Å². The van der Waals surface area contributed by atoms with Crippen LogP contribution in [0.3, 0.4) is 0 Å². The Morgan fingerprint density at radius 1 is 1.04 bits per heavy atom. The molecule has 0 unspecified atom stereocenters. The van der Waals surface area contributed by atoms with Crippen LogP contribution in [0.25, 0.3) is 5.57 Å². The SMILES string of the molecule is C1=C(c2cccnc2)CN(c2ccc(Cn3cccc3)cn2)N1. The summed E-state index contributed by atoms with van der Waals surface area (Å²) in [5, 5.41) is 2.03. The van der Waals surface area contributed by atoms with E-state index in [0.29, 0.717) is 0 Å². The Labute approximate surface area is 134 Å². The summed E-state index contributed by atoms with van der Waals surface area (Å²) in [6, 6.07) is 12.2. The standard InChI is InChI=1S/C18H17N5/c1-2-9-22(8-1)13-15-5-6-18(20-10-15)23-14-17(12-21-23)16-4-3-7-19-11-16/h1-12,21H,13-14H2. The third-order valence-corrected chi connectivity index (χ3v) is 3.87. The van der Waals surface area contributed by atoms with Crippen LogP contribution in [0.15, 0.2) is 73.6 Å². The molecule has 0 amide bonds. The average Bonchev–Trinajstić information content (AvgIpc) is 3.28. The molecule has 4 rings (SSSR count). The monoisotopic (exact) mass is 303 g/mol. The van der Waals surface area contributed by atoms with Crippen molar-refractivity contribution >= 4 is 11.4 Å². The van der Waals surface area contributed by atoms with Gasteiger partial charge in [-0.25, -0.2) is 4.98 Å². The van der Waals surface area contributed by atoms with Crippen molar-refractivity contribution in [3.8, 4) is 0 Å². The number of nitrogens with zero attached hydrogens (tertiary/aromatic N) is 4. The molecule has 5 nitrogen and oxygen atoms in total. The molecule has 1 aliphatic rings. The van der Waals surface area contributed by atoms with E-state index in [1.165, 1.54) is 11.1 Å². The van der Waals surface area contributed by atoms with Gasteiger partial charge in [-0.05, 0) is 41.0 Å². The molecule has 4 heterocycles. The topological polar surface area (TPSA) is 46.0 Å². The maximum absolute atomic E-state index is 4.57. The van der Waals surface area contributed by atoms with Gasteiger partial charge in [-0.15, -0.1) is 0 Å². The van der Waals surface area contributed by atoms with Gasteiger partial charge in [0.15, 0.2) is 0 Å². The fourth-order valence-electron chi connectivity index (χ4n) is 2.65. The predicted molar refractivity (Wildman–Crippen MR) is 90.5 cm³/mol. The molecule has 1 aliphatic heterocycles. The van der Waals surface area contributed by atoms with Crippen molar-refractivity contribution in [3.63, 3.8) is 0 Å². The fraction of sp³-hybridized carbons (Fsp3) is 0.111. The minimum Gasteiger partial charge on any atom is -0.350 e. The van der Waals surface area contributed by atoms with Gasteiger partial charge < -0.3 is 9.99 Å². The summed E-state index contributed by atoms with van der Waals surface area (Å²) in [6.45, 7) is 1.61. The van der Waals surface area contributed by atoms with Crippen LogP contribution in [0, 0.1) is 0 Å². The molecule has 5 heteroatoms. The lowest BCUT2D eigenvalue weighted by atomic mass is 10.1. The first-order valence-electron chi connectivity index (χ1n) is 7.57. The van der Waals surface area contributed by atoms with Crippen molar-refractivity contribution in [1.82, 2.24) is 20.0 Å². The first-order valence-corrected chi connectivity index (χ1v) is 7.57. The molecule has 3 aromatic rings. The summed E-state index contributed by atoms with van der Waals surface area (Å²) in [4.78, 5) is 8.74. The van der Waals surface area contributed by atoms with E-state index in [1.807, 2.05) is 47.9 Å². The summed E-state index contributed by atoms with van der Waals surface area (Å²) in [7, 11) is 0. The number of hydrazine groups is 1. The van der Waals surface area contributed by atoms with Crippen LogP contribution in [0.4, 0.5) is 5.82 Å². The number of pyridine rings is 2. The highest BCUT2D eigenvalue weighted by Crippen LogP contribution is 2.21. The Morgan fingerprint density at radius 2 is 1.96 bits per heavy atom. The molecule has 1 N–H and O–H groups in total. The number of hydrogen-bond acceptors (Lipinski definition) is 4. The lowest BCUT2D eigenvalue weighted by molar-refractivity contribution is 0.791. The Kier molecular flexibility index (Phi) is 3.52. The Bertz CT molecular complexity index is 791. The smallest absolute Gasteiger partial charge is 0.147 e. The summed E-state index contributed by atoms with van der Waals surface area (Å²) in [6.07, 6.45) is 11.7. The van der Waals surface area contributed by atoms with Crippen molar-refractivity contribution < 1.29 is 0 Å².